The number of halogens is 1. The molecule has 126 valence electrons. The van der Waals surface area contributed by atoms with E-state index in [4.69, 9.17) is 4.74 Å². The minimum Gasteiger partial charge on any atom is -0.444 e. The van der Waals surface area contributed by atoms with Gasteiger partial charge in [-0.05, 0) is 63.6 Å². The van der Waals surface area contributed by atoms with Gasteiger partial charge in [-0.1, -0.05) is 12.1 Å². The van der Waals surface area contributed by atoms with Crippen LogP contribution in [0.1, 0.15) is 51.5 Å². The van der Waals surface area contributed by atoms with E-state index in [-0.39, 0.29) is 18.0 Å². The highest BCUT2D eigenvalue weighted by atomic mass is 19.1. The number of nitrogens with one attached hydrogen (secondary N) is 2. The van der Waals surface area contributed by atoms with Crippen molar-refractivity contribution in [2.45, 2.75) is 69.7 Å². The van der Waals surface area contributed by atoms with Gasteiger partial charge in [-0.3, -0.25) is 0 Å². The summed E-state index contributed by atoms with van der Waals surface area (Å²) in [5.41, 5.74) is 0.621. The van der Waals surface area contributed by atoms with Crippen molar-refractivity contribution < 1.29 is 13.9 Å². The Bertz CT molecular complexity index is 579. The summed E-state index contributed by atoms with van der Waals surface area (Å²) in [7, 11) is 0. The summed E-state index contributed by atoms with van der Waals surface area (Å²) >= 11 is 0. The lowest BCUT2D eigenvalue weighted by molar-refractivity contribution is 0.0521. The zero-order valence-corrected chi connectivity index (χ0v) is 13.9. The Morgan fingerprint density at radius 1 is 1.22 bits per heavy atom. The quantitative estimate of drug-likeness (QED) is 0.895. The highest BCUT2D eigenvalue weighted by Crippen LogP contribution is 2.38. The standard InChI is InChI=1S/C18H25FN2O2/c1-18(2,3)23-17(22)21-16-10-15(16)20-14-8-12(9-14)11-5-4-6-13(19)7-11/h4-7,12,14-16,20H,8-10H2,1-3H3,(H,21,22). The number of benzene rings is 1. The van der Waals surface area contributed by atoms with E-state index in [9.17, 15) is 9.18 Å². The number of hydrogen-bond donors (Lipinski definition) is 2. The first-order chi connectivity index (χ1) is 10.8. The molecule has 0 heterocycles. The van der Waals surface area contributed by atoms with Crippen LogP contribution in [0.15, 0.2) is 24.3 Å². The molecule has 1 aromatic rings. The second kappa shape index (κ2) is 6.11. The van der Waals surface area contributed by atoms with Crippen LogP contribution in [-0.2, 0) is 4.74 Å². The minimum absolute atomic E-state index is 0.164. The fraction of sp³-hybridized carbons (Fsp3) is 0.611. The second-order valence-electron chi connectivity index (χ2n) is 7.68. The number of ether oxygens (including phenoxy) is 1. The van der Waals surface area contributed by atoms with Crippen molar-refractivity contribution in [2.24, 2.45) is 0 Å². The molecule has 0 spiro atoms. The summed E-state index contributed by atoms with van der Waals surface area (Å²) in [5.74, 6) is 0.280. The van der Waals surface area contributed by atoms with Gasteiger partial charge in [-0.15, -0.1) is 0 Å². The highest BCUT2D eigenvalue weighted by molar-refractivity contribution is 5.68. The molecule has 0 bridgehead atoms. The van der Waals surface area contributed by atoms with E-state index >= 15 is 0 Å². The summed E-state index contributed by atoms with van der Waals surface area (Å²) in [4.78, 5) is 11.7. The molecule has 0 radical (unpaired) electrons. The summed E-state index contributed by atoms with van der Waals surface area (Å²) in [6, 6.07) is 7.83. The van der Waals surface area contributed by atoms with Crippen LogP contribution < -0.4 is 10.6 Å². The molecule has 23 heavy (non-hydrogen) atoms. The van der Waals surface area contributed by atoms with Crippen molar-refractivity contribution in [1.29, 1.82) is 0 Å². The van der Waals surface area contributed by atoms with E-state index in [2.05, 4.69) is 10.6 Å². The van der Waals surface area contributed by atoms with Gasteiger partial charge in [0.1, 0.15) is 11.4 Å². The molecule has 3 rings (SSSR count). The fourth-order valence-electron chi connectivity index (χ4n) is 3.09. The van der Waals surface area contributed by atoms with Gasteiger partial charge in [0.15, 0.2) is 0 Å². The summed E-state index contributed by atoms with van der Waals surface area (Å²) < 4.78 is 18.5. The van der Waals surface area contributed by atoms with Crippen LogP contribution in [0.5, 0.6) is 0 Å². The van der Waals surface area contributed by atoms with Crippen LogP contribution in [0.2, 0.25) is 0 Å². The Hall–Kier alpha value is -1.62. The van der Waals surface area contributed by atoms with Crippen molar-refractivity contribution in [3.05, 3.63) is 35.6 Å². The molecular formula is C18H25FN2O2. The number of amides is 1. The van der Waals surface area contributed by atoms with E-state index in [0.717, 1.165) is 24.8 Å². The third kappa shape index (κ3) is 4.44. The van der Waals surface area contributed by atoms with Gasteiger partial charge in [0, 0.05) is 18.1 Å². The molecule has 0 aromatic heterocycles. The van der Waals surface area contributed by atoms with Crippen LogP contribution in [0.3, 0.4) is 0 Å². The summed E-state index contributed by atoms with van der Waals surface area (Å²) in [6.07, 6.45) is 2.65. The molecule has 0 aliphatic heterocycles. The van der Waals surface area contributed by atoms with Crippen LogP contribution in [-0.4, -0.2) is 29.8 Å². The fourth-order valence-corrected chi connectivity index (χ4v) is 3.09. The van der Waals surface area contributed by atoms with Crippen molar-refractivity contribution >= 4 is 6.09 Å². The molecule has 0 saturated heterocycles. The zero-order valence-electron chi connectivity index (χ0n) is 13.9. The molecule has 2 aliphatic rings. The Labute approximate surface area is 136 Å². The largest absolute Gasteiger partial charge is 0.444 e. The summed E-state index contributed by atoms with van der Waals surface area (Å²) in [5, 5.41) is 6.45. The van der Waals surface area contributed by atoms with Gasteiger partial charge >= 0.3 is 6.09 Å². The van der Waals surface area contributed by atoms with Gasteiger partial charge in [-0.2, -0.15) is 0 Å². The molecule has 2 N–H and O–H groups in total. The van der Waals surface area contributed by atoms with E-state index in [1.165, 1.54) is 6.07 Å². The molecule has 2 unspecified atom stereocenters. The first-order valence-electron chi connectivity index (χ1n) is 8.31. The number of carbonyl (C=O) groups excluding carboxylic acids is 1. The maximum absolute atomic E-state index is 13.2. The number of hydrogen-bond acceptors (Lipinski definition) is 3. The average molecular weight is 320 g/mol. The molecule has 2 aliphatic carbocycles. The Morgan fingerprint density at radius 3 is 2.61 bits per heavy atom. The number of alkyl carbamates (subject to hydrolysis) is 1. The van der Waals surface area contributed by atoms with Gasteiger partial charge < -0.3 is 15.4 Å². The first kappa shape index (κ1) is 16.2. The van der Waals surface area contributed by atoms with Crippen molar-refractivity contribution in [3.8, 4) is 0 Å². The SMILES string of the molecule is CC(C)(C)OC(=O)NC1CC1NC1CC(c2cccc(F)c2)C1. The van der Waals surface area contributed by atoms with Crippen LogP contribution >= 0.6 is 0 Å². The third-order valence-electron chi connectivity index (χ3n) is 4.40. The van der Waals surface area contributed by atoms with Gasteiger partial charge in [0.2, 0.25) is 0 Å². The van der Waals surface area contributed by atoms with Gasteiger partial charge in [0.25, 0.3) is 0 Å². The topological polar surface area (TPSA) is 50.4 Å². The smallest absolute Gasteiger partial charge is 0.407 e. The van der Waals surface area contributed by atoms with E-state index in [0.29, 0.717) is 18.0 Å². The van der Waals surface area contributed by atoms with Crippen LogP contribution in [0, 0.1) is 5.82 Å². The second-order valence-corrected chi connectivity index (χ2v) is 7.68. The van der Waals surface area contributed by atoms with Gasteiger partial charge in [0.05, 0.1) is 0 Å². The zero-order chi connectivity index (χ0) is 16.6. The Morgan fingerprint density at radius 2 is 1.96 bits per heavy atom. The molecular weight excluding hydrogens is 295 g/mol. The van der Waals surface area contributed by atoms with E-state index < -0.39 is 5.60 Å². The van der Waals surface area contributed by atoms with E-state index in [1.807, 2.05) is 26.8 Å². The van der Waals surface area contributed by atoms with Crippen molar-refractivity contribution in [3.63, 3.8) is 0 Å². The van der Waals surface area contributed by atoms with Crippen LogP contribution in [0.4, 0.5) is 9.18 Å². The third-order valence-corrected chi connectivity index (χ3v) is 4.40. The van der Waals surface area contributed by atoms with Gasteiger partial charge in [-0.25, -0.2) is 9.18 Å². The van der Waals surface area contributed by atoms with Crippen molar-refractivity contribution in [1.82, 2.24) is 10.6 Å². The predicted octanol–water partition coefficient (Wildman–Crippen LogP) is 3.33. The van der Waals surface area contributed by atoms with Crippen LogP contribution in [0.25, 0.3) is 0 Å². The predicted molar refractivity (Wildman–Crippen MR) is 86.9 cm³/mol. The Balaban J connectivity index is 1.36. The molecule has 2 atom stereocenters. The molecule has 4 nitrogen and oxygen atoms in total. The highest BCUT2D eigenvalue weighted by Gasteiger charge is 2.42. The van der Waals surface area contributed by atoms with E-state index in [1.54, 1.807) is 12.1 Å². The first-order valence-corrected chi connectivity index (χ1v) is 8.31. The molecule has 2 fully saturated rings. The minimum atomic E-state index is -0.464. The molecule has 2 saturated carbocycles. The monoisotopic (exact) mass is 320 g/mol. The average Bonchev–Trinajstić information content (AvgIpc) is 3.08. The lowest BCUT2D eigenvalue weighted by Crippen LogP contribution is -2.44. The maximum Gasteiger partial charge on any atom is 0.407 e. The lowest BCUT2D eigenvalue weighted by atomic mass is 9.76. The Kier molecular flexibility index (Phi) is 4.32. The summed E-state index contributed by atoms with van der Waals surface area (Å²) in [6.45, 7) is 5.57. The number of rotatable bonds is 4. The lowest BCUT2D eigenvalue weighted by Gasteiger charge is -2.36. The normalized spacial score (nSPS) is 29.6. The molecule has 1 amide bonds. The molecule has 5 heteroatoms. The maximum atomic E-state index is 13.2. The molecule has 1 aromatic carbocycles. The van der Waals surface area contributed by atoms with Crippen molar-refractivity contribution in [2.75, 3.05) is 0 Å². The number of carbonyl (C=O) groups is 1.